The van der Waals surface area contributed by atoms with E-state index < -0.39 is 12.1 Å². The number of aliphatic carboxylic acids is 1. The van der Waals surface area contributed by atoms with Gasteiger partial charge in [-0.25, -0.2) is 4.79 Å². The van der Waals surface area contributed by atoms with Crippen molar-refractivity contribution >= 4 is 18.0 Å². The SMILES string of the molecule is CC(CCCC(=O)N[C@@H]1CCC[C@@H](C(=O)O)C1)NC(=O)OCC1c2ccccc2-c2ccccc21. The molecule has 0 aromatic heterocycles. The molecule has 7 heteroatoms. The zero-order valence-electron chi connectivity index (χ0n) is 20.2. The van der Waals surface area contributed by atoms with Crippen LogP contribution in [0.5, 0.6) is 0 Å². The number of nitrogens with one attached hydrogen (secondary N) is 2. The van der Waals surface area contributed by atoms with Gasteiger partial charge in [0, 0.05) is 24.4 Å². The molecule has 0 aliphatic heterocycles. The van der Waals surface area contributed by atoms with Crippen LogP contribution in [0.4, 0.5) is 4.79 Å². The van der Waals surface area contributed by atoms with Gasteiger partial charge in [-0.05, 0) is 61.3 Å². The number of alkyl carbamates (subject to hydrolysis) is 1. The molecule has 3 atom stereocenters. The summed E-state index contributed by atoms with van der Waals surface area (Å²) in [6.07, 6.45) is 4.02. The minimum Gasteiger partial charge on any atom is -0.481 e. The van der Waals surface area contributed by atoms with Gasteiger partial charge in [-0.3, -0.25) is 9.59 Å². The highest BCUT2D eigenvalue weighted by atomic mass is 16.5. The van der Waals surface area contributed by atoms with Crippen LogP contribution in [0.15, 0.2) is 48.5 Å². The Kier molecular flexibility index (Phi) is 8.06. The average Bonchev–Trinajstić information content (AvgIpc) is 3.16. The average molecular weight is 479 g/mol. The van der Waals surface area contributed by atoms with E-state index in [2.05, 4.69) is 34.9 Å². The number of rotatable bonds is 9. The summed E-state index contributed by atoms with van der Waals surface area (Å²) in [5.41, 5.74) is 4.73. The Balaban J connectivity index is 1.17. The molecule has 0 saturated heterocycles. The molecule has 0 heterocycles. The van der Waals surface area contributed by atoms with E-state index in [4.69, 9.17) is 4.74 Å². The van der Waals surface area contributed by atoms with E-state index in [-0.39, 0.29) is 36.4 Å². The summed E-state index contributed by atoms with van der Waals surface area (Å²) < 4.78 is 5.59. The molecule has 0 spiro atoms. The maximum atomic E-state index is 12.4. The first-order valence-corrected chi connectivity index (χ1v) is 12.6. The minimum absolute atomic E-state index is 0.0210. The number of benzene rings is 2. The number of carboxylic acid groups (broad SMARTS) is 1. The molecule has 2 aliphatic rings. The predicted octanol–water partition coefficient (Wildman–Crippen LogP) is 4.84. The predicted molar refractivity (Wildman–Crippen MR) is 133 cm³/mol. The summed E-state index contributed by atoms with van der Waals surface area (Å²) in [4.78, 5) is 35.9. The third kappa shape index (κ3) is 6.21. The van der Waals surface area contributed by atoms with Gasteiger partial charge in [0.25, 0.3) is 0 Å². The summed E-state index contributed by atoms with van der Waals surface area (Å²) in [6, 6.07) is 16.3. The van der Waals surface area contributed by atoms with Crippen molar-refractivity contribution in [3.8, 4) is 11.1 Å². The van der Waals surface area contributed by atoms with Crippen LogP contribution in [-0.4, -0.2) is 41.8 Å². The fourth-order valence-corrected chi connectivity index (χ4v) is 5.33. The fourth-order valence-electron chi connectivity index (χ4n) is 5.33. The van der Waals surface area contributed by atoms with Crippen molar-refractivity contribution in [3.05, 3.63) is 59.7 Å². The molecule has 7 nitrogen and oxygen atoms in total. The van der Waals surface area contributed by atoms with Gasteiger partial charge in [0.05, 0.1) is 5.92 Å². The largest absolute Gasteiger partial charge is 0.481 e. The smallest absolute Gasteiger partial charge is 0.407 e. The molecule has 0 bridgehead atoms. The van der Waals surface area contributed by atoms with Crippen molar-refractivity contribution in [2.45, 2.75) is 69.9 Å². The van der Waals surface area contributed by atoms with Crippen molar-refractivity contribution in [1.82, 2.24) is 10.6 Å². The van der Waals surface area contributed by atoms with Crippen molar-refractivity contribution in [2.75, 3.05) is 6.61 Å². The van der Waals surface area contributed by atoms with E-state index in [0.29, 0.717) is 32.1 Å². The van der Waals surface area contributed by atoms with Gasteiger partial charge >= 0.3 is 12.1 Å². The highest BCUT2D eigenvalue weighted by molar-refractivity contribution is 5.79. The number of amides is 2. The van der Waals surface area contributed by atoms with Crippen LogP contribution in [0.3, 0.4) is 0 Å². The molecule has 1 saturated carbocycles. The quantitative estimate of drug-likeness (QED) is 0.478. The number of fused-ring (bicyclic) bond motifs is 3. The first kappa shape index (κ1) is 24.8. The van der Waals surface area contributed by atoms with E-state index in [1.165, 1.54) is 22.3 Å². The molecule has 186 valence electrons. The van der Waals surface area contributed by atoms with Crippen molar-refractivity contribution < 1.29 is 24.2 Å². The van der Waals surface area contributed by atoms with E-state index >= 15 is 0 Å². The van der Waals surface area contributed by atoms with Gasteiger partial charge in [0.2, 0.25) is 5.91 Å². The maximum Gasteiger partial charge on any atom is 0.407 e. The van der Waals surface area contributed by atoms with Crippen LogP contribution in [0.1, 0.15) is 68.9 Å². The molecule has 2 aromatic rings. The van der Waals surface area contributed by atoms with Crippen molar-refractivity contribution in [1.29, 1.82) is 0 Å². The molecule has 1 fully saturated rings. The van der Waals surface area contributed by atoms with Gasteiger partial charge in [-0.2, -0.15) is 0 Å². The lowest BCUT2D eigenvalue weighted by atomic mass is 9.85. The van der Waals surface area contributed by atoms with Crippen LogP contribution in [0.2, 0.25) is 0 Å². The Morgan fingerprint density at radius 1 is 1.03 bits per heavy atom. The Hall–Kier alpha value is -3.35. The topological polar surface area (TPSA) is 105 Å². The molecule has 2 amide bonds. The molecular formula is C28H34N2O5. The van der Waals surface area contributed by atoms with Gasteiger partial charge in [-0.1, -0.05) is 55.0 Å². The molecule has 3 N–H and O–H groups in total. The lowest BCUT2D eigenvalue weighted by Gasteiger charge is -2.27. The van der Waals surface area contributed by atoms with E-state index in [1.54, 1.807) is 0 Å². The highest BCUT2D eigenvalue weighted by Gasteiger charge is 2.29. The Morgan fingerprint density at radius 3 is 2.34 bits per heavy atom. The lowest BCUT2D eigenvalue weighted by molar-refractivity contribution is -0.143. The number of carboxylic acids is 1. The summed E-state index contributed by atoms with van der Waals surface area (Å²) in [5, 5.41) is 15.0. The van der Waals surface area contributed by atoms with Crippen molar-refractivity contribution in [3.63, 3.8) is 0 Å². The number of hydrogen-bond acceptors (Lipinski definition) is 4. The second kappa shape index (κ2) is 11.4. The fraction of sp³-hybridized carbons (Fsp3) is 0.464. The van der Waals surface area contributed by atoms with Crippen LogP contribution in [-0.2, 0) is 14.3 Å². The normalized spacial score (nSPS) is 19.8. The summed E-state index contributed by atoms with van der Waals surface area (Å²) in [7, 11) is 0. The zero-order chi connectivity index (χ0) is 24.8. The molecule has 2 aromatic carbocycles. The summed E-state index contributed by atoms with van der Waals surface area (Å²) in [6.45, 7) is 2.17. The molecule has 4 rings (SSSR count). The first-order valence-electron chi connectivity index (χ1n) is 12.6. The second-order valence-electron chi connectivity index (χ2n) is 9.73. The number of ether oxygens (including phenoxy) is 1. The molecule has 1 unspecified atom stereocenters. The van der Waals surface area contributed by atoms with Crippen LogP contribution >= 0.6 is 0 Å². The van der Waals surface area contributed by atoms with E-state index in [0.717, 1.165) is 12.8 Å². The maximum absolute atomic E-state index is 12.4. The van der Waals surface area contributed by atoms with Crippen LogP contribution in [0.25, 0.3) is 11.1 Å². The molecule has 35 heavy (non-hydrogen) atoms. The third-order valence-corrected chi connectivity index (χ3v) is 7.14. The monoisotopic (exact) mass is 478 g/mol. The van der Waals surface area contributed by atoms with Gasteiger partial charge < -0.3 is 20.5 Å². The van der Waals surface area contributed by atoms with Gasteiger partial charge in [0.15, 0.2) is 0 Å². The molecular weight excluding hydrogens is 444 g/mol. The zero-order valence-corrected chi connectivity index (χ0v) is 20.2. The van der Waals surface area contributed by atoms with Gasteiger partial charge in [0.1, 0.15) is 6.61 Å². The highest BCUT2D eigenvalue weighted by Crippen LogP contribution is 2.44. The van der Waals surface area contributed by atoms with E-state index in [1.807, 2.05) is 31.2 Å². The number of carbonyl (C=O) groups excluding carboxylic acids is 2. The van der Waals surface area contributed by atoms with Crippen molar-refractivity contribution in [2.24, 2.45) is 5.92 Å². The molecule has 0 radical (unpaired) electrons. The Morgan fingerprint density at radius 2 is 1.69 bits per heavy atom. The summed E-state index contributed by atoms with van der Waals surface area (Å²) in [5.74, 6) is -1.19. The Labute approximate surface area is 206 Å². The summed E-state index contributed by atoms with van der Waals surface area (Å²) >= 11 is 0. The van der Waals surface area contributed by atoms with Crippen LogP contribution < -0.4 is 10.6 Å². The third-order valence-electron chi connectivity index (χ3n) is 7.14. The number of carbonyl (C=O) groups is 3. The Bertz CT molecular complexity index is 1020. The van der Waals surface area contributed by atoms with Crippen LogP contribution in [0, 0.1) is 5.92 Å². The minimum atomic E-state index is -0.780. The van der Waals surface area contributed by atoms with E-state index in [9.17, 15) is 19.5 Å². The molecule has 2 aliphatic carbocycles. The van der Waals surface area contributed by atoms with Gasteiger partial charge in [-0.15, -0.1) is 0 Å². The lowest BCUT2D eigenvalue weighted by Crippen LogP contribution is -2.40. The number of hydrogen-bond donors (Lipinski definition) is 3. The standard InChI is InChI=1S/C28H34N2O5/c1-18(8-6-15-26(31)30-20-10-7-9-19(16-20)27(32)33)29-28(34)35-17-25-23-13-4-2-11-21(23)22-12-3-5-14-24(22)25/h2-5,11-14,18-20,25H,6-10,15-17H2,1H3,(H,29,34)(H,30,31)(H,32,33)/t18?,19-,20-/m1/s1. The first-order chi connectivity index (χ1) is 16.9. The second-order valence-corrected chi connectivity index (χ2v) is 9.73.